The first-order valence-corrected chi connectivity index (χ1v) is 6.26. The van der Waals surface area contributed by atoms with Gasteiger partial charge in [0.15, 0.2) is 0 Å². The van der Waals surface area contributed by atoms with Crippen LogP contribution in [0.15, 0.2) is 30.3 Å². The Hall–Kier alpha value is -1.83. The Balaban J connectivity index is 2.16. The molecule has 0 bridgehead atoms. The van der Waals surface area contributed by atoms with Gasteiger partial charge in [-0.05, 0) is 31.1 Å². The second-order valence-corrected chi connectivity index (χ2v) is 4.81. The first-order valence-electron chi connectivity index (χ1n) is 6.26. The minimum atomic E-state index is 1.04. The van der Waals surface area contributed by atoms with Crippen molar-refractivity contribution in [2.75, 3.05) is 13.1 Å². The summed E-state index contributed by atoms with van der Waals surface area (Å²) >= 11 is 0. The second-order valence-electron chi connectivity index (χ2n) is 4.81. The summed E-state index contributed by atoms with van der Waals surface area (Å²) in [6.07, 6.45) is 4.76. The van der Waals surface area contributed by atoms with Gasteiger partial charge in [-0.1, -0.05) is 18.2 Å². The number of hydrogen-bond donors (Lipinski definition) is 0. The Kier molecular flexibility index (Phi) is 1.81. The van der Waals surface area contributed by atoms with E-state index in [9.17, 15) is 0 Å². The molecule has 4 rings (SSSR count). The van der Waals surface area contributed by atoms with E-state index in [1.54, 1.807) is 0 Å². The van der Waals surface area contributed by atoms with Crippen LogP contribution in [0.4, 0.5) is 0 Å². The highest BCUT2D eigenvalue weighted by atomic mass is 15.2. The Morgan fingerprint density at radius 1 is 1.18 bits per heavy atom. The van der Waals surface area contributed by atoms with Gasteiger partial charge < -0.3 is 4.90 Å². The summed E-state index contributed by atoms with van der Waals surface area (Å²) in [5.41, 5.74) is 2.61. The third-order valence-corrected chi connectivity index (χ3v) is 3.79. The van der Waals surface area contributed by atoms with Gasteiger partial charge in [0.05, 0.1) is 10.9 Å². The number of nitrogens with zero attached hydrogens (tertiary/aromatic N) is 2. The zero-order valence-electron chi connectivity index (χ0n) is 9.69. The maximum Gasteiger partial charge on any atom is 0.0709 e. The Morgan fingerprint density at radius 2 is 2.12 bits per heavy atom. The molecule has 0 radical (unpaired) electrons. The van der Waals surface area contributed by atoms with Crippen LogP contribution in [-0.2, 0) is 0 Å². The number of benzene rings is 1. The molecule has 0 amide bonds. The summed E-state index contributed by atoms with van der Waals surface area (Å²) in [5, 5.41) is 3.78. The first-order chi connectivity index (χ1) is 8.42. The molecule has 1 fully saturated rings. The summed E-state index contributed by atoms with van der Waals surface area (Å²) in [7, 11) is 0. The molecule has 17 heavy (non-hydrogen) atoms. The molecule has 0 spiro atoms. The molecule has 1 aromatic carbocycles. The van der Waals surface area contributed by atoms with Crippen LogP contribution in [-0.4, -0.2) is 23.0 Å². The predicted octanol–water partition coefficient (Wildman–Crippen LogP) is 1.23. The van der Waals surface area contributed by atoms with E-state index >= 15 is 0 Å². The van der Waals surface area contributed by atoms with Crippen LogP contribution in [0.3, 0.4) is 0 Å². The average molecular weight is 222 g/mol. The number of hydrogen-bond acceptors (Lipinski definition) is 2. The number of para-hydroxylation sites is 1. The van der Waals surface area contributed by atoms with E-state index in [0.29, 0.717) is 0 Å². The molecule has 0 N–H and O–H groups in total. The van der Waals surface area contributed by atoms with E-state index in [1.807, 2.05) is 0 Å². The van der Waals surface area contributed by atoms with Crippen LogP contribution in [0.2, 0.25) is 0 Å². The number of rotatable bonds is 0. The van der Waals surface area contributed by atoms with Gasteiger partial charge in [-0.15, -0.1) is 0 Å². The normalized spacial score (nSPS) is 17.9. The van der Waals surface area contributed by atoms with Crippen LogP contribution < -0.4 is 10.6 Å². The van der Waals surface area contributed by atoms with Gasteiger partial charge in [-0.2, -0.15) is 0 Å². The molecule has 84 valence electrons. The lowest BCUT2D eigenvalue weighted by atomic mass is 10.1. The Bertz CT molecular complexity index is 715. The lowest BCUT2D eigenvalue weighted by Crippen LogP contribution is -2.39. The fourth-order valence-electron chi connectivity index (χ4n) is 2.95. The van der Waals surface area contributed by atoms with Crippen molar-refractivity contribution in [2.24, 2.45) is 0 Å². The van der Waals surface area contributed by atoms with Crippen molar-refractivity contribution in [1.29, 1.82) is 0 Å². The molecule has 0 unspecified atom stereocenters. The van der Waals surface area contributed by atoms with Crippen molar-refractivity contribution >= 4 is 22.7 Å². The van der Waals surface area contributed by atoms with Crippen LogP contribution in [0, 0.1) is 0 Å². The lowest BCUT2D eigenvalue weighted by molar-refractivity contribution is 0.486. The van der Waals surface area contributed by atoms with Gasteiger partial charge in [0.1, 0.15) is 0 Å². The third kappa shape index (κ3) is 1.30. The van der Waals surface area contributed by atoms with Crippen molar-refractivity contribution in [3.05, 3.63) is 40.9 Å². The maximum atomic E-state index is 4.77. The third-order valence-electron chi connectivity index (χ3n) is 3.79. The monoisotopic (exact) mass is 222 g/mol. The van der Waals surface area contributed by atoms with E-state index < -0.39 is 0 Å². The van der Waals surface area contributed by atoms with E-state index in [4.69, 9.17) is 4.98 Å². The average Bonchev–Trinajstić information content (AvgIpc) is 2.85. The fraction of sp³-hybridized carbons (Fsp3) is 0.267. The van der Waals surface area contributed by atoms with Crippen molar-refractivity contribution in [2.45, 2.75) is 12.8 Å². The molecule has 0 atom stereocenters. The minimum Gasteiger partial charge on any atom is -0.370 e. The first kappa shape index (κ1) is 9.23. The van der Waals surface area contributed by atoms with Crippen LogP contribution in [0.5, 0.6) is 0 Å². The maximum absolute atomic E-state index is 4.77. The fourth-order valence-corrected chi connectivity index (χ4v) is 2.95. The standard InChI is InChI=1S/C15H14N2/c1-2-5-13-11(4-1)10-12-14(16-13)7-9-17-8-3-6-15(12)17/h1-2,4-5,7,10H,3,6,8-9H2. The van der Waals surface area contributed by atoms with Gasteiger partial charge in [0.25, 0.3) is 0 Å². The topological polar surface area (TPSA) is 16.1 Å². The number of pyridine rings is 1. The highest BCUT2D eigenvalue weighted by Gasteiger charge is 2.19. The van der Waals surface area contributed by atoms with Crippen molar-refractivity contribution in [3.63, 3.8) is 0 Å². The highest BCUT2D eigenvalue weighted by molar-refractivity contribution is 5.79. The van der Waals surface area contributed by atoms with Crippen molar-refractivity contribution in [3.8, 4) is 0 Å². The predicted molar refractivity (Wildman–Crippen MR) is 69.7 cm³/mol. The zero-order chi connectivity index (χ0) is 11.2. The molecule has 0 aliphatic carbocycles. The molecule has 3 heterocycles. The van der Waals surface area contributed by atoms with E-state index in [2.05, 4.69) is 41.3 Å². The van der Waals surface area contributed by atoms with Gasteiger partial charge in [-0.25, -0.2) is 4.98 Å². The van der Waals surface area contributed by atoms with Crippen LogP contribution >= 0.6 is 0 Å². The van der Waals surface area contributed by atoms with Crippen LogP contribution in [0.25, 0.3) is 22.7 Å². The summed E-state index contributed by atoms with van der Waals surface area (Å²) in [5.74, 6) is 0. The molecule has 2 aromatic rings. The van der Waals surface area contributed by atoms with Gasteiger partial charge in [-0.3, -0.25) is 0 Å². The number of aromatic nitrogens is 1. The molecule has 2 aliphatic heterocycles. The summed E-state index contributed by atoms with van der Waals surface area (Å²) < 4.78 is 0. The molecule has 1 aromatic heterocycles. The Morgan fingerprint density at radius 3 is 3.12 bits per heavy atom. The Labute approximate surface area is 99.9 Å². The molecular weight excluding hydrogens is 208 g/mol. The highest BCUT2D eigenvalue weighted by Crippen LogP contribution is 2.21. The van der Waals surface area contributed by atoms with Gasteiger partial charge >= 0.3 is 0 Å². The van der Waals surface area contributed by atoms with Gasteiger partial charge in [0, 0.05) is 29.4 Å². The summed E-state index contributed by atoms with van der Waals surface area (Å²) in [6, 6.07) is 10.7. The molecule has 2 heteroatoms. The summed E-state index contributed by atoms with van der Waals surface area (Å²) in [6.45, 7) is 2.24. The van der Waals surface area contributed by atoms with E-state index in [1.165, 1.54) is 41.0 Å². The van der Waals surface area contributed by atoms with E-state index in [0.717, 1.165) is 12.1 Å². The van der Waals surface area contributed by atoms with Gasteiger partial charge in [0.2, 0.25) is 0 Å². The van der Waals surface area contributed by atoms with Crippen molar-refractivity contribution < 1.29 is 0 Å². The molecule has 2 nitrogen and oxygen atoms in total. The number of fused-ring (bicyclic) bond motifs is 3. The largest absolute Gasteiger partial charge is 0.370 e. The van der Waals surface area contributed by atoms with E-state index in [-0.39, 0.29) is 0 Å². The quantitative estimate of drug-likeness (QED) is 0.666. The second kappa shape index (κ2) is 3.33. The molecule has 2 aliphatic rings. The SMILES string of the molecule is C1=c2nc3ccccc3cc2=C2CCCN2C1. The summed E-state index contributed by atoms with van der Waals surface area (Å²) in [4.78, 5) is 7.26. The van der Waals surface area contributed by atoms with Crippen LogP contribution in [0.1, 0.15) is 12.8 Å². The van der Waals surface area contributed by atoms with Crippen molar-refractivity contribution in [1.82, 2.24) is 9.88 Å². The smallest absolute Gasteiger partial charge is 0.0709 e. The lowest BCUT2D eigenvalue weighted by Gasteiger charge is -2.21. The minimum absolute atomic E-state index is 1.04. The zero-order valence-corrected chi connectivity index (χ0v) is 9.69. The molecular formula is C15H14N2. The molecule has 1 saturated heterocycles. The molecule has 0 saturated carbocycles.